The molecule has 2 atom stereocenters. The summed E-state index contributed by atoms with van der Waals surface area (Å²) in [4.78, 5) is 4.90. The topological polar surface area (TPSA) is 18.5 Å². The van der Waals surface area contributed by atoms with Crippen molar-refractivity contribution < 1.29 is 0 Å². The summed E-state index contributed by atoms with van der Waals surface area (Å²) in [5.41, 5.74) is 0. The summed E-state index contributed by atoms with van der Waals surface area (Å²) in [6.07, 6.45) is 8.54. The fourth-order valence-corrected chi connectivity index (χ4v) is 2.51. The molecule has 1 saturated heterocycles. The number of likely N-dealkylation sites (N-methyl/N-ethyl adjacent to an activating group) is 3. The summed E-state index contributed by atoms with van der Waals surface area (Å²) in [5.74, 6) is 2.74. The van der Waals surface area contributed by atoms with E-state index in [-0.39, 0.29) is 0 Å². The Morgan fingerprint density at radius 3 is 2.81 bits per heavy atom. The van der Waals surface area contributed by atoms with Gasteiger partial charge in [0.2, 0.25) is 0 Å². The smallest absolute Gasteiger partial charge is 0.0373 e. The standard InChI is InChI=1S/C13H25N3/c1-5-6-8-12(14-2)13-11-15(3)9-7-10-16(13)4/h1,12-14H,6-11H2,2-4H3. The number of nitrogens with one attached hydrogen (secondary N) is 1. The van der Waals surface area contributed by atoms with Crippen molar-refractivity contribution in [2.75, 3.05) is 40.8 Å². The van der Waals surface area contributed by atoms with Gasteiger partial charge in [0.05, 0.1) is 0 Å². The van der Waals surface area contributed by atoms with Gasteiger partial charge in [0, 0.05) is 25.0 Å². The minimum Gasteiger partial charge on any atom is -0.315 e. The molecule has 0 bridgehead atoms. The van der Waals surface area contributed by atoms with Gasteiger partial charge in [0.1, 0.15) is 0 Å². The highest BCUT2D eigenvalue weighted by Crippen LogP contribution is 2.13. The predicted octanol–water partition coefficient (Wildman–Crippen LogP) is 0.624. The quantitative estimate of drug-likeness (QED) is 0.705. The van der Waals surface area contributed by atoms with Gasteiger partial charge >= 0.3 is 0 Å². The lowest BCUT2D eigenvalue weighted by Crippen LogP contribution is -2.51. The van der Waals surface area contributed by atoms with Crippen molar-refractivity contribution in [3.05, 3.63) is 0 Å². The van der Waals surface area contributed by atoms with Crippen molar-refractivity contribution in [2.45, 2.75) is 31.3 Å². The van der Waals surface area contributed by atoms with E-state index in [2.05, 4.69) is 35.1 Å². The molecule has 1 N–H and O–H groups in total. The molecule has 0 aromatic carbocycles. The Kier molecular flexibility index (Phi) is 5.83. The van der Waals surface area contributed by atoms with E-state index in [0.717, 1.165) is 19.4 Å². The van der Waals surface area contributed by atoms with E-state index in [9.17, 15) is 0 Å². The summed E-state index contributed by atoms with van der Waals surface area (Å²) in [7, 11) is 6.48. The largest absolute Gasteiger partial charge is 0.315 e. The first-order chi connectivity index (χ1) is 7.69. The van der Waals surface area contributed by atoms with Gasteiger partial charge in [-0.25, -0.2) is 0 Å². The molecule has 92 valence electrons. The summed E-state index contributed by atoms with van der Waals surface area (Å²) < 4.78 is 0. The van der Waals surface area contributed by atoms with Gasteiger partial charge < -0.3 is 15.1 Å². The average Bonchev–Trinajstić information content (AvgIpc) is 2.43. The van der Waals surface area contributed by atoms with Crippen LogP contribution in [0.25, 0.3) is 0 Å². The molecule has 1 rings (SSSR count). The van der Waals surface area contributed by atoms with Gasteiger partial charge in [-0.1, -0.05) is 0 Å². The summed E-state index contributed by atoms with van der Waals surface area (Å²) in [6.45, 7) is 3.52. The Hall–Kier alpha value is -0.560. The van der Waals surface area contributed by atoms with Crippen molar-refractivity contribution in [1.82, 2.24) is 15.1 Å². The summed E-state index contributed by atoms with van der Waals surface area (Å²) in [5, 5.41) is 3.42. The molecule has 16 heavy (non-hydrogen) atoms. The lowest BCUT2D eigenvalue weighted by atomic mass is 10.0. The number of hydrogen-bond acceptors (Lipinski definition) is 3. The first-order valence-corrected chi connectivity index (χ1v) is 6.18. The van der Waals surface area contributed by atoms with Crippen LogP contribution in [0.5, 0.6) is 0 Å². The van der Waals surface area contributed by atoms with Crippen LogP contribution in [0.3, 0.4) is 0 Å². The number of hydrogen-bond donors (Lipinski definition) is 1. The Labute approximate surface area is 100 Å². The fraction of sp³-hybridized carbons (Fsp3) is 0.846. The third kappa shape index (κ3) is 3.79. The van der Waals surface area contributed by atoms with Crippen LogP contribution in [0.1, 0.15) is 19.3 Å². The molecule has 0 aliphatic carbocycles. The van der Waals surface area contributed by atoms with Crippen LogP contribution in [0.4, 0.5) is 0 Å². The molecule has 0 aromatic rings. The van der Waals surface area contributed by atoms with Crippen LogP contribution >= 0.6 is 0 Å². The molecule has 1 fully saturated rings. The number of rotatable bonds is 4. The Bertz CT molecular complexity index is 234. The molecule has 2 unspecified atom stereocenters. The van der Waals surface area contributed by atoms with Crippen molar-refractivity contribution in [2.24, 2.45) is 0 Å². The molecular formula is C13H25N3. The Morgan fingerprint density at radius 1 is 1.44 bits per heavy atom. The summed E-state index contributed by atoms with van der Waals surface area (Å²) >= 11 is 0. The van der Waals surface area contributed by atoms with E-state index in [1.807, 2.05) is 7.05 Å². The van der Waals surface area contributed by atoms with Crippen LogP contribution in [0.15, 0.2) is 0 Å². The maximum atomic E-state index is 5.35. The Morgan fingerprint density at radius 2 is 2.19 bits per heavy atom. The molecule has 1 aliphatic rings. The monoisotopic (exact) mass is 223 g/mol. The normalized spacial score (nSPS) is 26.0. The van der Waals surface area contributed by atoms with Crippen molar-refractivity contribution in [3.63, 3.8) is 0 Å². The fourth-order valence-electron chi connectivity index (χ4n) is 2.51. The van der Waals surface area contributed by atoms with E-state index in [0.29, 0.717) is 12.1 Å². The molecule has 0 amide bonds. The first-order valence-electron chi connectivity index (χ1n) is 6.18. The highest BCUT2D eigenvalue weighted by Gasteiger charge is 2.26. The molecule has 3 heteroatoms. The first kappa shape index (κ1) is 13.5. The van der Waals surface area contributed by atoms with Crippen LogP contribution in [-0.2, 0) is 0 Å². The zero-order valence-corrected chi connectivity index (χ0v) is 10.9. The van der Waals surface area contributed by atoms with E-state index in [4.69, 9.17) is 6.42 Å². The van der Waals surface area contributed by atoms with Crippen molar-refractivity contribution in [3.8, 4) is 12.3 Å². The Balaban J connectivity index is 2.60. The minimum atomic E-state index is 0.501. The molecule has 0 saturated carbocycles. The second-order valence-corrected chi connectivity index (χ2v) is 4.80. The maximum absolute atomic E-state index is 5.35. The molecule has 3 nitrogen and oxygen atoms in total. The van der Waals surface area contributed by atoms with Crippen molar-refractivity contribution in [1.29, 1.82) is 0 Å². The molecular weight excluding hydrogens is 198 g/mol. The van der Waals surface area contributed by atoms with E-state index >= 15 is 0 Å². The second kappa shape index (κ2) is 6.90. The number of terminal acetylenes is 1. The predicted molar refractivity (Wildman–Crippen MR) is 69.4 cm³/mol. The van der Waals surface area contributed by atoms with Crippen molar-refractivity contribution >= 4 is 0 Å². The third-order valence-electron chi connectivity index (χ3n) is 3.55. The van der Waals surface area contributed by atoms with Crippen LogP contribution in [-0.4, -0.2) is 62.7 Å². The average molecular weight is 223 g/mol. The zero-order chi connectivity index (χ0) is 12.0. The van der Waals surface area contributed by atoms with Crippen LogP contribution < -0.4 is 5.32 Å². The van der Waals surface area contributed by atoms with Gasteiger partial charge in [-0.2, -0.15) is 0 Å². The molecule has 1 aliphatic heterocycles. The van der Waals surface area contributed by atoms with Crippen LogP contribution in [0, 0.1) is 12.3 Å². The molecule has 1 heterocycles. The summed E-state index contributed by atoms with van der Waals surface area (Å²) in [6, 6.07) is 1.08. The van der Waals surface area contributed by atoms with Gasteiger partial charge in [0.25, 0.3) is 0 Å². The van der Waals surface area contributed by atoms with Crippen LogP contribution in [0.2, 0.25) is 0 Å². The lowest BCUT2D eigenvalue weighted by molar-refractivity contribution is 0.177. The highest BCUT2D eigenvalue weighted by atomic mass is 15.2. The van der Waals surface area contributed by atoms with E-state index in [1.165, 1.54) is 19.5 Å². The zero-order valence-electron chi connectivity index (χ0n) is 10.9. The highest BCUT2D eigenvalue weighted by molar-refractivity contribution is 4.91. The molecule has 0 radical (unpaired) electrons. The molecule has 0 aromatic heterocycles. The van der Waals surface area contributed by atoms with E-state index < -0.39 is 0 Å². The lowest BCUT2D eigenvalue weighted by Gasteiger charge is -2.34. The second-order valence-electron chi connectivity index (χ2n) is 4.80. The SMILES string of the molecule is C#CCCC(NC)C1CN(C)CCCN1C. The van der Waals surface area contributed by atoms with E-state index in [1.54, 1.807) is 0 Å². The number of nitrogens with zero attached hydrogens (tertiary/aromatic N) is 2. The minimum absolute atomic E-state index is 0.501. The third-order valence-corrected chi connectivity index (χ3v) is 3.55. The van der Waals surface area contributed by atoms with Gasteiger partial charge in [-0.15, -0.1) is 12.3 Å². The maximum Gasteiger partial charge on any atom is 0.0373 e. The van der Waals surface area contributed by atoms with Gasteiger partial charge in [-0.3, -0.25) is 0 Å². The van der Waals surface area contributed by atoms with Gasteiger partial charge in [-0.05, 0) is 47.1 Å². The van der Waals surface area contributed by atoms with Gasteiger partial charge in [0.15, 0.2) is 0 Å². The molecule has 0 spiro atoms.